The van der Waals surface area contributed by atoms with Gasteiger partial charge >= 0.3 is 0 Å². The Kier molecular flexibility index (Phi) is 6.53. The van der Waals surface area contributed by atoms with Crippen molar-refractivity contribution in [1.82, 2.24) is 19.1 Å². The van der Waals surface area contributed by atoms with Gasteiger partial charge in [-0.2, -0.15) is 0 Å². The van der Waals surface area contributed by atoms with Crippen molar-refractivity contribution in [1.29, 1.82) is 0 Å². The second kappa shape index (κ2) is 11.0. The maximum Gasteiger partial charge on any atom is 0.235 e. The fraction of sp³-hybridized carbons (Fsp3) is 0.100. The molecule has 0 amide bonds. The monoisotopic (exact) mass is 568 g/mol. The fourth-order valence-electron chi connectivity index (χ4n) is 6.57. The Bertz CT molecular complexity index is 2310. The average molecular weight is 569 g/mol. The van der Waals surface area contributed by atoms with E-state index in [9.17, 15) is 0 Å². The Morgan fingerprint density at radius 1 is 0.682 bits per heavy atom. The van der Waals surface area contributed by atoms with Gasteiger partial charge in [0.15, 0.2) is 0 Å². The molecular formula is C40H32N4. The van der Waals surface area contributed by atoms with Crippen LogP contribution < -0.4 is 0 Å². The average Bonchev–Trinajstić information content (AvgIpc) is 3.61. The molecule has 4 aromatic carbocycles. The van der Waals surface area contributed by atoms with Gasteiger partial charge in [-0.05, 0) is 44.0 Å². The van der Waals surface area contributed by atoms with Gasteiger partial charge in [-0.15, -0.1) is 0 Å². The van der Waals surface area contributed by atoms with Crippen molar-refractivity contribution in [2.45, 2.75) is 26.2 Å². The largest absolute Gasteiger partial charge is 0.308 e. The molecule has 3 heterocycles. The molecule has 212 valence electrons. The highest BCUT2D eigenvalue weighted by Gasteiger charge is 2.23. The Labute approximate surface area is 256 Å². The predicted molar refractivity (Wildman–Crippen MR) is 185 cm³/mol. The summed E-state index contributed by atoms with van der Waals surface area (Å²) >= 11 is 0. The van der Waals surface area contributed by atoms with Crippen LogP contribution >= 0.6 is 0 Å². The molecule has 8 rings (SSSR count). The third-order valence-electron chi connectivity index (χ3n) is 8.51. The van der Waals surface area contributed by atoms with Crippen LogP contribution in [0.15, 0.2) is 140 Å². The van der Waals surface area contributed by atoms with E-state index in [0.717, 1.165) is 40.8 Å². The first-order valence-electron chi connectivity index (χ1n) is 15.4. The third kappa shape index (κ3) is 4.30. The van der Waals surface area contributed by atoms with E-state index in [1.807, 2.05) is 19.1 Å². The van der Waals surface area contributed by atoms with Crippen molar-refractivity contribution in [2.24, 2.45) is 0 Å². The molecule has 1 aliphatic rings. The smallest absolute Gasteiger partial charge is 0.235 e. The first kappa shape index (κ1) is 26.2. The lowest BCUT2D eigenvalue weighted by atomic mass is 10.1. The highest BCUT2D eigenvalue weighted by molar-refractivity contribution is 6.24. The quantitative estimate of drug-likeness (QED) is 0.187. The minimum absolute atomic E-state index is 0.685. The van der Waals surface area contributed by atoms with Gasteiger partial charge in [0, 0.05) is 39.2 Å². The molecule has 1 aliphatic carbocycles. The standard InChI is InChI=1S/C40H32N4/c1-2-3-4-9-18-29-27-35(28-16-7-5-8-17-28)42-40(41-29)44-37-24-15-13-22-32(37)34-26-25-33-31-21-12-14-23-36(31)43(38(33)39(34)44)30-19-10-6-11-20-30/h2-5,7-10,12-17,19-27H,6,11,18H2,1H3/b3-2-,9-4-. The maximum atomic E-state index is 5.27. The van der Waals surface area contributed by atoms with Crippen molar-refractivity contribution in [3.8, 4) is 17.2 Å². The van der Waals surface area contributed by atoms with Gasteiger partial charge in [0.25, 0.3) is 0 Å². The molecule has 0 atom stereocenters. The molecule has 4 heteroatoms. The first-order chi connectivity index (χ1) is 21.8. The Balaban J connectivity index is 1.51. The number of nitrogens with zero attached hydrogens (tertiary/aromatic N) is 4. The van der Waals surface area contributed by atoms with Gasteiger partial charge in [-0.3, -0.25) is 4.57 Å². The Hall–Kier alpha value is -5.48. The summed E-state index contributed by atoms with van der Waals surface area (Å²) in [6.45, 7) is 2.03. The van der Waals surface area contributed by atoms with Crippen molar-refractivity contribution in [3.63, 3.8) is 0 Å². The molecule has 0 saturated carbocycles. The van der Waals surface area contributed by atoms with Crippen LogP contribution in [-0.2, 0) is 6.42 Å². The van der Waals surface area contributed by atoms with Crippen molar-refractivity contribution >= 4 is 49.3 Å². The van der Waals surface area contributed by atoms with E-state index < -0.39 is 0 Å². The van der Waals surface area contributed by atoms with Gasteiger partial charge in [-0.25, -0.2) is 9.97 Å². The zero-order valence-corrected chi connectivity index (χ0v) is 24.7. The van der Waals surface area contributed by atoms with Crippen molar-refractivity contribution in [2.75, 3.05) is 0 Å². The minimum atomic E-state index is 0.685. The summed E-state index contributed by atoms with van der Waals surface area (Å²) in [7, 11) is 0. The molecule has 0 bridgehead atoms. The van der Waals surface area contributed by atoms with E-state index in [-0.39, 0.29) is 0 Å². The summed E-state index contributed by atoms with van der Waals surface area (Å²) in [5, 5.41) is 4.86. The van der Waals surface area contributed by atoms with Crippen LogP contribution in [0.5, 0.6) is 0 Å². The van der Waals surface area contributed by atoms with E-state index >= 15 is 0 Å². The van der Waals surface area contributed by atoms with E-state index in [4.69, 9.17) is 9.97 Å². The predicted octanol–water partition coefficient (Wildman–Crippen LogP) is 10.2. The highest BCUT2D eigenvalue weighted by Crippen LogP contribution is 2.41. The van der Waals surface area contributed by atoms with Crippen molar-refractivity contribution < 1.29 is 0 Å². The molecule has 0 N–H and O–H groups in total. The molecule has 4 nitrogen and oxygen atoms in total. The van der Waals surface area contributed by atoms with Crippen LogP contribution in [-0.4, -0.2) is 19.1 Å². The zero-order valence-electron chi connectivity index (χ0n) is 24.7. The number of aromatic nitrogens is 4. The third-order valence-corrected chi connectivity index (χ3v) is 8.51. The van der Waals surface area contributed by atoms with Crippen LogP contribution in [0.4, 0.5) is 0 Å². The summed E-state index contributed by atoms with van der Waals surface area (Å²) in [6.07, 6.45) is 18.1. The zero-order chi connectivity index (χ0) is 29.5. The summed E-state index contributed by atoms with van der Waals surface area (Å²) in [5.74, 6) is 0.685. The van der Waals surface area contributed by atoms with E-state index in [2.05, 4.69) is 137 Å². The summed E-state index contributed by atoms with van der Waals surface area (Å²) in [6, 6.07) is 34.5. The normalized spacial score (nSPS) is 13.8. The van der Waals surface area contributed by atoms with Gasteiger partial charge in [0.05, 0.1) is 33.5 Å². The lowest BCUT2D eigenvalue weighted by molar-refractivity contribution is 0.949. The van der Waals surface area contributed by atoms with E-state index in [0.29, 0.717) is 12.4 Å². The molecular weight excluding hydrogens is 536 g/mol. The molecule has 0 unspecified atom stereocenters. The highest BCUT2D eigenvalue weighted by atomic mass is 15.2. The Morgan fingerprint density at radius 2 is 1.36 bits per heavy atom. The van der Waals surface area contributed by atoms with E-state index in [1.54, 1.807) is 0 Å². The van der Waals surface area contributed by atoms with Crippen molar-refractivity contribution in [3.05, 3.63) is 145 Å². The Morgan fingerprint density at radius 3 is 2.07 bits per heavy atom. The van der Waals surface area contributed by atoms with Gasteiger partial charge in [-0.1, -0.05) is 115 Å². The topological polar surface area (TPSA) is 35.6 Å². The van der Waals surface area contributed by atoms with Crippen LogP contribution in [0.25, 0.3) is 66.5 Å². The molecule has 0 fully saturated rings. The van der Waals surface area contributed by atoms with Gasteiger partial charge < -0.3 is 4.57 Å². The van der Waals surface area contributed by atoms with Crippen LogP contribution in [0.1, 0.15) is 25.5 Å². The lowest BCUT2D eigenvalue weighted by Gasteiger charge is -2.15. The molecule has 0 spiro atoms. The van der Waals surface area contributed by atoms with Crippen LogP contribution in [0, 0.1) is 0 Å². The number of allylic oxidation sites excluding steroid dienone is 8. The molecule has 3 aromatic heterocycles. The number of fused-ring (bicyclic) bond motifs is 7. The maximum absolute atomic E-state index is 5.27. The molecule has 44 heavy (non-hydrogen) atoms. The fourth-order valence-corrected chi connectivity index (χ4v) is 6.57. The molecule has 0 radical (unpaired) electrons. The lowest BCUT2D eigenvalue weighted by Crippen LogP contribution is -2.06. The van der Waals surface area contributed by atoms with Gasteiger partial charge in [0.2, 0.25) is 5.95 Å². The molecule has 0 saturated heterocycles. The SMILES string of the molecule is C/C=C\C=C/Cc1cc(-c2ccccc2)nc(-n2c3ccccc3c3ccc4c5ccccc5n(C5=CCCC=C5)c4c32)n1. The second-order valence-electron chi connectivity index (χ2n) is 11.2. The number of hydrogen-bond acceptors (Lipinski definition) is 2. The van der Waals surface area contributed by atoms with E-state index in [1.165, 1.54) is 38.3 Å². The second-order valence-corrected chi connectivity index (χ2v) is 11.2. The minimum Gasteiger partial charge on any atom is -0.308 e. The summed E-state index contributed by atoms with van der Waals surface area (Å²) in [5.41, 5.74) is 8.79. The first-order valence-corrected chi connectivity index (χ1v) is 15.4. The number of hydrogen-bond donors (Lipinski definition) is 0. The molecule has 7 aromatic rings. The number of para-hydroxylation sites is 2. The summed E-state index contributed by atoms with van der Waals surface area (Å²) in [4.78, 5) is 10.5. The summed E-state index contributed by atoms with van der Waals surface area (Å²) < 4.78 is 4.74. The number of rotatable bonds is 6. The molecule has 0 aliphatic heterocycles. The van der Waals surface area contributed by atoms with Crippen LogP contribution in [0.2, 0.25) is 0 Å². The van der Waals surface area contributed by atoms with Crippen LogP contribution in [0.3, 0.4) is 0 Å². The van der Waals surface area contributed by atoms with Gasteiger partial charge in [0.1, 0.15) is 0 Å². The number of benzene rings is 4.